The van der Waals surface area contributed by atoms with Gasteiger partial charge in [-0.25, -0.2) is 9.78 Å². The summed E-state index contributed by atoms with van der Waals surface area (Å²) in [7, 11) is 1.74. The Kier molecular flexibility index (Phi) is 17.2. The van der Waals surface area contributed by atoms with Gasteiger partial charge in [0.05, 0.1) is 46.8 Å². The maximum atomic E-state index is 14.2. The van der Waals surface area contributed by atoms with Crippen molar-refractivity contribution < 1.29 is 29.0 Å². The fraction of sp³-hybridized carbons (Fsp3) is 0.488. The summed E-state index contributed by atoms with van der Waals surface area (Å²) in [5, 5.41) is 22.8. The zero-order valence-corrected chi connectivity index (χ0v) is 34.1. The highest BCUT2D eigenvalue weighted by Gasteiger charge is 2.27. The molecular formula is C41H55N7O6S2. The van der Waals surface area contributed by atoms with Crippen molar-refractivity contribution in [3.8, 4) is 0 Å². The number of amides is 3. The monoisotopic (exact) mass is 805 g/mol. The zero-order valence-electron chi connectivity index (χ0n) is 32.5. The summed E-state index contributed by atoms with van der Waals surface area (Å²) in [5.74, 6) is -0.0444. The fourth-order valence-electron chi connectivity index (χ4n) is 6.49. The van der Waals surface area contributed by atoms with Crippen LogP contribution in [0.2, 0.25) is 0 Å². The molecule has 302 valence electrons. The standard InChI is InChI=1S/C41H55N7O6S2/c1-29(2)39-45-34(27-55-39)25-47(3)37(49)24-43-36(15-10-18-48-19-20-53-41(48)52)38(50)44-32(21-30-11-6-4-7-12-30)16-17-33(22-31-13-8-5-9-14-31)46-40(51)54-26-35-23-42-28-56-35/h4-9,11-14,23,27-29,32-33,36,41,43,52H,10,15-22,24-26H2,1-3H3,(H,44,50)(H,46,51). The van der Waals surface area contributed by atoms with Crippen LogP contribution in [0, 0.1) is 0 Å². The Bertz CT molecular complexity index is 1760. The molecule has 3 amide bonds. The zero-order chi connectivity index (χ0) is 39.7. The second-order valence-electron chi connectivity index (χ2n) is 14.4. The highest BCUT2D eigenvalue weighted by molar-refractivity contribution is 7.09. The van der Waals surface area contributed by atoms with E-state index in [1.54, 1.807) is 35.0 Å². The number of hydrogen-bond acceptors (Lipinski definition) is 12. The van der Waals surface area contributed by atoms with E-state index in [4.69, 9.17) is 9.47 Å². The van der Waals surface area contributed by atoms with Crippen LogP contribution in [0.5, 0.6) is 0 Å². The molecule has 3 heterocycles. The summed E-state index contributed by atoms with van der Waals surface area (Å²) in [6.45, 7) is 6.29. The lowest BCUT2D eigenvalue weighted by atomic mass is 9.95. The molecule has 2 aromatic heterocycles. The minimum Gasteiger partial charge on any atom is -0.444 e. The van der Waals surface area contributed by atoms with Crippen LogP contribution in [0.1, 0.15) is 72.2 Å². The van der Waals surface area contributed by atoms with Gasteiger partial charge in [0, 0.05) is 49.7 Å². The fourth-order valence-corrected chi connectivity index (χ4v) is 7.82. The summed E-state index contributed by atoms with van der Waals surface area (Å²) in [5.41, 5.74) is 4.69. The molecule has 4 aromatic rings. The number of ether oxygens (including phenoxy) is 2. The number of thiazole rings is 2. The van der Waals surface area contributed by atoms with Crippen molar-refractivity contribution in [1.29, 1.82) is 0 Å². The summed E-state index contributed by atoms with van der Waals surface area (Å²) < 4.78 is 10.8. The van der Waals surface area contributed by atoms with E-state index in [1.807, 2.05) is 70.9 Å². The van der Waals surface area contributed by atoms with Gasteiger partial charge in [-0.05, 0) is 49.7 Å². The summed E-state index contributed by atoms with van der Waals surface area (Å²) in [6.07, 6.45) is 3.58. The molecule has 4 unspecified atom stereocenters. The number of nitrogens with zero attached hydrogens (tertiary/aromatic N) is 4. The highest BCUT2D eigenvalue weighted by Crippen LogP contribution is 2.20. The van der Waals surface area contributed by atoms with Gasteiger partial charge in [0.2, 0.25) is 18.2 Å². The predicted molar refractivity (Wildman–Crippen MR) is 218 cm³/mol. The Hall–Kier alpha value is -4.25. The minimum atomic E-state index is -0.954. The van der Waals surface area contributed by atoms with Crippen molar-refractivity contribution in [1.82, 2.24) is 35.7 Å². The number of benzene rings is 2. The molecule has 2 aromatic carbocycles. The Balaban J connectivity index is 1.25. The highest BCUT2D eigenvalue weighted by atomic mass is 32.1. The molecule has 4 N–H and O–H groups in total. The normalized spacial score (nSPS) is 16.0. The van der Waals surface area contributed by atoms with Crippen molar-refractivity contribution in [2.45, 2.75) is 96.0 Å². The van der Waals surface area contributed by atoms with Crippen molar-refractivity contribution >= 4 is 40.6 Å². The van der Waals surface area contributed by atoms with Gasteiger partial charge in [0.1, 0.15) is 6.61 Å². The SMILES string of the molecule is CC(C)c1nc(CN(C)C(=O)CNC(CCCN2CCOC2O)C(=O)NC(CCC(Cc2ccccc2)NC(=O)OCc2cncs2)Cc2ccccc2)cs1. The van der Waals surface area contributed by atoms with Crippen LogP contribution in [0.25, 0.3) is 0 Å². The third-order valence-corrected chi connectivity index (χ3v) is 11.6. The number of nitrogens with one attached hydrogen (secondary N) is 3. The van der Waals surface area contributed by atoms with Crippen molar-refractivity contribution in [2.24, 2.45) is 0 Å². The maximum absolute atomic E-state index is 14.2. The van der Waals surface area contributed by atoms with Crippen molar-refractivity contribution in [3.63, 3.8) is 0 Å². The van der Waals surface area contributed by atoms with E-state index in [-0.39, 0.29) is 37.0 Å². The molecule has 56 heavy (non-hydrogen) atoms. The van der Waals surface area contributed by atoms with E-state index in [9.17, 15) is 19.5 Å². The third kappa shape index (κ3) is 14.4. The number of rotatable bonds is 22. The van der Waals surface area contributed by atoms with Crippen LogP contribution in [-0.4, -0.2) is 101 Å². The number of aliphatic hydroxyl groups excluding tert-OH is 1. The van der Waals surface area contributed by atoms with Gasteiger partial charge in [-0.1, -0.05) is 74.5 Å². The van der Waals surface area contributed by atoms with Gasteiger partial charge in [-0.2, -0.15) is 0 Å². The van der Waals surface area contributed by atoms with Crippen LogP contribution < -0.4 is 16.0 Å². The molecule has 4 atom stereocenters. The number of aromatic nitrogens is 2. The number of carbonyl (C=O) groups excluding carboxylic acids is 3. The van der Waals surface area contributed by atoms with Crippen LogP contribution >= 0.6 is 22.7 Å². The van der Waals surface area contributed by atoms with Crippen LogP contribution in [0.3, 0.4) is 0 Å². The molecule has 0 radical (unpaired) electrons. The maximum Gasteiger partial charge on any atom is 0.407 e. The number of alkyl carbamates (subject to hydrolysis) is 1. The molecule has 0 saturated carbocycles. The summed E-state index contributed by atoms with van der Waals surface area (Å²) in [4.78, 5) is 53.5. The Labute approximate surface area is 337 Å². The van der Waals surface area contributed by atoms with Gasteiger partial charge >= 0.3 is 6.09 Å². The predicted octanol–water partition coefficient (Wildman–Crippen LogP) is 5.07. The Morgan fingerprint density at radius 1 is 0.982 bits per heavy atom. The average molecular weight is 806 g/mol. The third-order valence-electron chi connectivity index (χ3n) is 9.61. The first-order valence-corrected chi connectivity index (χ1v) is 21.0. The quantitative estimate of drug-likeness (QED) is 0.0846. The first-order valence-electron chi connectivity index (χ1n) is 19.3. The molecule has 15 heteroatoms. The van der Waals surface area contributed by atoms with Gasteiger partial charge in [0.25, 0.3) is 0 Å². The lowest BCUT2D eigenvalue weighted by molar-refractivity contribution is -0.133. The molecule has 0 bridgehead atoms. The van der Waals surface area contributed by atoms with E-state index in [0.29, 0.717) is 70.7 Å². The molecule has 1 fully saturated rings. The first kappa shape index (κ1) is 42.9. The van der Waals surface area contributed by atoms with Gasteiger partial charge in [0.15, 0.2) is 0 Å². The molecule has 1 saturated heterocycles. The van der Waals surface area contributed by atoms with Crippen LogP contribution in [0.4, 0.5) is 4.79 Å². The summed E-state index contributed by atoms with van der Waals surface area (Å²) >= 11 is 3.02. The Morgan fingerprint density at radius 3 is 2.25 bits per heavy atom. The van der Waals surface area contributed by atoms with Crippen LogP contribution in [0.15, 0.2) is 77.8 Å². The molecular weight excluding hydrogens is 751 g/mol. The number of hydrogen-bond donors (Lipinski definition) is 4. The molecule has 5 rings (SSSR count). The number of likely N-dealkylation sites (N-methyl/N-ethyl adjacent to an activating group) is 1. The molecule has 1 aliphatic heterocycles. The van der Waals surface area contributed by atoms with Gasteiger partial charge in [-0.15, -0.1) is 22.7 Å². The second kappa shape index (κ2) is 22.5. The average Bonchev–Trinajstić information content (AvgIpc) is 3.98. The van der Waals surface area contributed by atoms with E-state index in [1.165, 1.54) is 11.3 Å². The number of carbonyl (C=O) groups is 3. The van der Waals surface area contributed by atoms with E-state index >= 15 is 0 Å². The topological polar surface area (TPSA) is 158 Å². The molecule has 0 aliphatic carbocycles. The van der Waals surface area contributed by atoms with Gasteiger partial charge < -0.3 is 30.1 Å². The molecule has 1 aliphatic rings. The molecule has 0 spiro atoms. The van der Waals surface area contributed by atoms with Gasteiger partial charge in [-0.3, -0.25) is 24.8 Å². The Morgan fingerprint density at radius 2 is 1.66 bits per heavy atom. The molecule has 13 nitrogen and oxygen atoms in total. The first-order chi connectivity index (χ1) is 27.1. The van der Waals surface area contributed by atoms with E-state index < -0.39 is 18.5 Å². The van der Waals surface area contributed by atoms with Crippen molar-refractivity contribution in [2.75, 3.05) is 33.3 Å². The lowest BCUT2D eigenvalue weighted by Crippen LogP contribution is -2.51. The summed E-state index contributed by atoms with van der Waals surface area (Å²) in [6, 6.07) is 18.8. The smallest absolute Gasteiger partial charge is 0.407 e. The second-order valence-corrected chi connectivity index (χ2v) is 16.3. The number of aliphatic hydroxyl groups is 1. The van der Waals surface area contributed by atoms with E-state index in [2.05, 4.69) is 39.8 Å². The minimum absolute atomic E-state index is 0.0265. The van der Waals surface area contributed by atoms with Crippen LogP contribution in [-0.2, 0) is 45.1 Å². The van der Waals surface area contributed by atoms with E-state index in [0.717, 1.165) is 26.7 Å². The van der Waals surface area contributed by atoms with Crippen molar-refractivity contribution in [3.05, 3.63) is 104 Å². The lowest BCUT2D eigenvalue weighted by Gasteiger charge is -2.27. The largest absolute Gasteiger partial charge is 0.444 e.